The predicted octanol–water partition coefficient (Wildman–Crippen LogP) is -0.591. The fourth-order valence-corrected chi connectivity index (χ4v) is 1.84. The lowest BCUT2D eigenvalue weighted by molar-refractivity contribution is -0.326. The van der Waals surface area contributed by atoms with Gasteiger partial charge in [0.15, 0.2) is 18.0 Å². The summed E-state index contributed by atoms with van der Waals surface area (Å²) < 4.78 is 10.9. The van der Waals surface area contributed by atoms with Crippen LogP contribution < -0.4 is 0 Å². The van der Waals surface area contributed by atoms with Crippen LogP contribution in [0.3, 0.4) is 0 Å². The molecule has 2 amide bonds. The maximum atomic E-state index is 12.2. The zero-order valence-corrected chi connectivity index (χ0v) is 12.8. The molecular weight excluding hydrogens is 288 g/mol. The normalized spacial score (nSPS) is 23.9. The lowest BCUT2D eigenvalue weighted by Crippen LogP contribution is -2.49. The topological polar surface area (TPSA) is 96.0 Å². The van der Waals surface area contributed by atoms with Crippen LogP contribution >= 0.6 is 0 Å². The molecule has 0 bridgehead atoms. The van der Waals surface area contributed by atoms with Gasteiger partial charge in [-0.25, -0.2) is 19.4 Å². The Morgan fingerprint density at radius 2 is 1.10 bits per heavy atom. The quantitative estimate of drug-likeness (QED) is 0.601. The Kier molecular flexibility index (Phi) is 6.01. The standard InChI is InChI=1S/C11H20N2O8/c1-11(2)20-7(9(14)12(16-3)17-4)8(21-11)10(15)13(18-5)19-6/h7-8H,1-6H3/t7-,8-/m0/s1. The van der Waals surface area contributed by atoms with E-state index in [-0.39, 0.29) is 0 Å². The van der Waals surface area contributed by atoms with Gasteiger partial charge in [0.1, 0.15) is 0 Å². The van der Waals surface area contributed by atoms with Crippen LogP contribution in [-0.4, -0.2) is 68.7 Å². The second-order valence-corrected chi connectivity index (χ2v) is 4.40. The monoisotopic (exact) mass is 308 g/mol. The Bertz CT molecular complexity index is 346. The molecule has 1 aliphatic heterocycles. The summed E-state index contributed by atoms with van der Waals surface area (Å²) in [4.78, 5) is 43.3. The van der Waals surface area contributed by atoms with E-state index in [1.807, 2.05) is 0 Å². The summed E-state index contributed by atoms with van der Waals surface area (Å²) >= 11 is 0. The molecule has 0 aromatic heterocycles. The lowest BCUT2D eigenvalue weighted by Gasteiger charge is -2.23. The summed E-state index contributed by atoms with van der Waals surface area (Å²) in [5.41, 5.74) is 0. The molecule has 1 fully saturated rings. The molecule has 0 aliphatic carbocycles. The zero-order chi connectivity index (χ0) is 16.2. The largest absolute Gasteiger partial charge is 0.334 e. The number of rotatable bonds is 6. The molecule has 2 atom stereocenters. The summed E-state index contributed by atoms with van der Waals surface area (Å²) in [5.74, 6) is -2.63. The number of carbonyl (C=O) groups is 2. The van der Waals surface area contributed by atoms with Crippen LogP contribution in [0, 0.1) is 0 Å². The minimum absolute atomic E-state index is 0.583. The van der Waals surface area contributed by atoms with Crippen LogP contribution in [0.25, 0.3) is 0 Å². The highest BCUT2D eigenvalue weighted by Crippen LogP contribution is 2.30. The van der Waals surface area contributed by atoms with Gasteiger partial charge in [-0.1, -0.05) is 10.5 Å². The smallest absolute Gasteiger partial charge is 0.305 e. The molecule has 0 aromatic rings. The van der Waals surface area contributed by atoms with Gasteiger partial charge >= 0.3 is 11.8 Å². The minimum atomic E-state index is -1.28. The molecule has 0 N–H and O–H groups in total. The van der Waals surface area contributed by atoms with Gasteiger partial charge in [0.05, 0.1) is 28.4 Å². The van der Waals surface area contributed by atoms with E-state index in [0.717, 1.165) is 0 Å². The molecule has 10 heteroatoms. The van der Waals surface area contributed by atoms with Gasteiger partial charge in [0.25, 0.3) is 0 Å². The first-order chi connectivity index (χ1) is 9.81. The van der Waals surface area contributed by atoms with E-state index in [1.165, 1.54) is 28.4 Å². The van der Waals surface area contributed by atoms with Gasteiger partial charge < -0.3 is 9.47 Å². The van der Waals surface area contributed by atoms with Crippen molar-refractivity contribution in [3.63, 3.8) is 0 Å². The molecule has 0 saturated carbocycles. The Morgan fingerprint density at radius 3 is 1.33 bits per heavy atom. The van der Waals surface area contributed by atoms with Crippen LogP contribution in [0.1, 0.15) is 13.8 Å². The number of hydrogen-bond donors (Lipinski definition) is 0. The van der Waals surface area contributed by atoms with E-state index in [0.29, 0.717) is 10.5 Å². The van der Waals surface area contributed by atoms with Crippen molar-refractivity contribution in [2.45, 2.75) is 31.8 Å². The second kappa shape index (κ2) is 7.11. The van der Waals surface area contributed by atoms with Crippen LogP contribution in [0.4, 0.5) is 0 Å². The molecule has 21 heavy (non-hydrogen) atoms. The van der Waals surface area contributed by atoms with Gasteiger partial charge in [-0.2, -0.15) is 0 Å². The van der Waals surface area contributed by atoms with E-state index in [1.54, 1.807) is 13.8 Å². The second-order valence-electron chi connectivity index (χ2n) is 4.40. The number of amides is 2. The molecule has 0 radical (unpaired) electrons. The lowest BCUT2D eigenvalue weighted by atomic mass is 10.2. The Balaban J connectivity index is 2.99. The summed E-state index contributed by atoms with van der Waals surface area (Å²) in [5, 5.41) is 1.17. The van der Waals surface area contributed by atoms with Crippen molar-refractivity contribution in [2.24, 2.45) is 0 Å². The molecule has 0 aromatic carbocycles. The van der Waals surface area contributed by atoms with Gasteiger partial charge in [0, 0.05) is 0 Å². The fraction of sp³-hybridized carbons (Fsp3) is 0.818. The Hall–Kier alpha value is -1.30. The molecule has 0 unspecified atom stereocenters. The van der Waals surface area contributed by atoms with Crippen molar-refractivity contribution in [2.75, 3.05) is 28.4 Å². The number of hydroxylamine groups is 4. The van der Waals surface area contributed by atoms with Crippen LogP contribution in [-0.2, 0) is 38.4 Å². The van der Waals surface area contributed by atoms with Gasteiger partial charge in [-0.05, 0) is 13.8 Å². The third-order valence-electron chi connectivity index (χ3n) is 2.61. The highest BCUT2D eigenvalue weighted by molar-refractivity contribution is 5.90. The van der Waals surface area contributed by atoms with Gasteiger partial charge in [-0.15, -0.1) is 0 Å². The molecule has 1 saturated heterocycles. The van der Waals surface area contributed by atoms with Crippen molar-refractivity contribution in [3.8, 4) is 0 Å². The van der Waals surface area contributed by atoms with E-state index in [9.17, 15) is 9.59 Å². The first-order valence-corrected chi connectivity index (χ1v) is 6.01. The first kappa shape index (κ1) is 17.8. The maximum Gasteiger partial charge on any atom is 0.305 e. The minimum Gasteiger partial charge on any atom is -0.334 e. The average molecular weight is 308 g/mol. The van der Waals surface area contributed by atoms with Crippen LogP contribution in [0.15, 0.2) is 0 Å². The van der Waals surface area contributed by atoms with E-state index < -0.39 is 29.8 Å². The molecule has 0 spiro atoms. The summed E-state index contributed by atoms with van der Waals surface area (Å²) in [6, 6.07) is 0. The molecule has 10 nitrogen and oxygen atoms in total. The highest BCUT2D eigenvalue weighted by atomic mass is 17.0. The molecule has 1 rings (SSSR count). The van der Waals surface area contributed by atoms with Gasteiger partial charge in [0.2, 0.25) is 0 Å². The first-order valence-electron chi connectivity index (χ1n) is 6.01. The van der Waals surface area contributed by atoms with Crippen molar-refractivity contribution in [1.82, 2.24) is 10.5 Å². The SMILES string of the molecule is CON(OC)C(=O)[C@H]1OC(C)(C)O[C@@H]1C(=O)N(OC)OC. The molecule has 122 valence electrons. The number of nitrogens with zero attached hydrogens (tertiary/aromatic N) is 2. The summed E-state index contributed by atoms with van der Waals surface area (Å²) in [6.07, 6.45) is -2.56. The average Bonchev–Trinajstić information content (AvgIpc) is 2.77. The van der Waals surface area contributed by atoms with Crippen molar-refractivity contribution in [1.29, 1.82) is 0 Å². The van der Waals surface area contributed by atoms with Crippen molar-refractivity contribution in [3.05, 3.63) is 0 Å². The molecule has 1 heterocycles. The number of hydrogen-bond acceptors (Lipinski definition) is 8. The third kappa shape index (κ3) is 3.87. The summed E-state index contributed by atoms with van der Waals surface area (Å²) in [7, 11) is 4.93. The Labute approximate surface area is 122 Å². The maximum absolute atomic E-state index is 12.2. The summed E-state index contributed by atoms with van der Waals surface area (Å²) in [6.45, 7) is 3.13. The number of carbonyl (C=O) groups excluding carboxylic acids is 2. The Morgan fingerprint density at radius 1 is 0.810 bits per heavy atom. The highest BCUT2D eigenvalue weighted by Gasteiger charge is 2.52. The van der Waals surface area contributed by atoms with Crippen LogP contribution in [0.2, 0.25) is 0 Å². The zero-order valence-electron chi connectivity index (χ0n) is 12.8. The number of ether oxygens (including phenoxy) is 2. The molecular formula is C11H20N2O8. The van der Waals surface area contributed by atoms with Crippen molar-refractivity contribution >= 4 is 11.8 Å². The molecule has 1 aliphatic rings. The van der Waals surface area contributed by atoms with Crippen LogP contribution in [0.5, 0.6) is 0 Å². The van der Waals surface area contributed by atoms with E-state index >= 15 is 0 Å². The van der Waals surface area contributed by atoms with E-state index in [4.69, 9.17) is 28.8 Å². The van der Waals surface area contributed by atoms with Gasteiger partial charge in [-0.3, -0.25) is 9.59 Å². The third-order valence-corrected chi connectivity index (χ3v) is 2.61. The predicted molar refractivity (Wildman–Crippen MR) is 65.6 cm³/mol. The van der Waals surface area contributed by atoms with Crippen molar-refractivity contribution < 1.29 is 38.4 Å². The fourth-order valence-electron chi connectivity index (χ4n) is 1.84. The van der Waals surface area contributed by atoms with E-state index in [2.05, 4.69) is 0 Å².